The fraction of sp³-hybridized carbons (Fsp3) is 0.474. The summed E-state index contributed by atoms with van der Waals surface area (Å²) in [7, 11) is 0. The minimum atomic E-state index is 0.0720. The summed E-state index contributed by atoms with van der Waals surface area (Å²) >= 11 is 1.60. The van der Waals surface area contributed by atoms with Gasteiger partial charge in [0.1, 0.15) is 0 Å². The van der Waals surface area contributed by atoms with Gasteiger partial charge in [0.15, 0.2) is 0 Å². The molecule has 26 heavy (non-hydrogen) atoms. The zero-order valence-electron chi connectivity index (χ0n) is 14.7. The number of benzene rings is 1. The van der Waals surface area contributed by atoms with Gasteiger partial charge in [0, 0.05) is 54.7 Å². The molecule has 0 bridgehead atoms. The van der Waals surface area contributed by atoms with Crippen molar-refractivity contribution in [2.24, 2.45) is 0 Å². The van der Waals surface area contributed by atoms with E-state index in [0.717, 1.165) is 28.7 Å². The number of hydrogen-bond acceptors (Lipinski definition) is 5. The van der Waals surface area contributed by atoms with Crippen LogP contribution in [-0.4, -0.2) is 85.5 Å². The average Bonchev–Trinajstić information content (AvgIpc) is 3.12. The van der Waals surface area contributed by atoms with Crippen LogP contribution < -0.4 is 0 Å². The summed E-state index contributed by atoms with van der Waals surface area (Å²) in [6, 6.07) is 8.00. The summed E-state index contributed by atoms with van der Waals surface area (Å²) in [6.07, 6.45) is 0. The zero-order chi connectivity index (χ0) is 17.9. The van der Waals surface area contributed by atoms with Crippen LogP contribution in [0.5, 0.6) is 0 Å². The molecule has 6 nitrogen and oxygen atoms in total. The van der Waals surface area contributed by atoms with Crippen LogP contribution in [0.1, 0.15) is 10.4 Å². The Bertz CT molecular complexity index is 792. The highest BCUT2D eigenvalue weighted by molar-refractivity contribution is 7.17. The van der Waals surface area contributed by atoms with Crippen LogP contribution in [0.15, 0.2) is 29.6 Å². The maximum absolute atomic E-state index is 12.9. The lowest BCUT2D eigenvalue weighted by atomic mass is 10.1. The first-order chi connectivity index (χ1) is 12.7. The molecule has 0 unspecified atom stereocenters. The van der Waals surface area contributed by atoms with Crippen molar-refractivity contribution in [1.29, 1.82) is 0 Å². The second-order valence-corrected chi connectivity index (χ2v) is 7.62. The van der Waals surface area contributed by atoms with Gasteiger partial charge in [0.25, 0.3) is 5.91 Å². The standard InChI is InChI=1S/C19H23N3O3S/c23-18(13-20-9-11-25-12-10-20)21-5-7-22(8-6-21)19(24)16-14-26-17-4-2-1-3-15(16)17/h1-4,14H,5-13H2. The molecule has 2 fully saturated rings. The molecule has 7 heteroatoms. The lowest BCUT2D eigenvalue weighted by Crippen LogP contribution is -2.53. The number of thiophene rings is 1. The smallest absolute Gasteiger partial charge is 0.255 e. The van der Waals surface area contributed by atoms with Gasteiger partial charge in [-0.1, -0.05) is 18.2 Å². The second-order valence-electron chi connectivity index (χ2n) is 6.71. The number of fused-ring (bicyclic) bond motifs is 1. The van der Waals surface area contributed by atoms with E-state index in [1.165, 1.54) is 0 Å². The third-order valence-corrected chi connectivity index (χ3v) is 6.06. The van der Waals surface area contributed by atoms with Crippen molar-refractivity contribution in [1.82, 2.24) is 14.7 Å². The van der Waals surface area contributed by atoms with Gasteiger partial charge in [-0.3, -0.25) is 14.5 Å². The van der Waals surface area contributed by atoms with Gasteiger partial charge in [-0.15, -0.1) is 11.3 Å². The Hall–Kier alpha value is -1.96. The Kier molecular flexibility index (Phi) is 5.19. The van der Waals surface area contributed by atoms with Gasteiger partial charge >= 0.3 is 0 Å². The Balaban J connectivity index is 1.34. The molecule has 0 saturated carbocycles. The molecule has 0 radical (unpaired) electrons. The maximum Gasteiger partial charge on any atom is 0.255 e. The van der Waals surface area contributed by atoms with Gasteiger partial charge in [-0.25, -0.2) is 0 Å². The molecule has 0 N–H and O–H groups in total. The fourth-order valence-electron chi connectivity index (χ4n) is 3.52. The SMILES string of the molecule is O=C(CN1CCOCC1)N1CCN(C(=O)c2csc3ccccc23)CC1. The van der Waals surface area contributed by atoms with Gasteiger partial charge < -0.3 is 14.5 Å². The molecule has 1 aromatic carbocycles. The Morgan fingerprint density at radius 2 is 1.65 bits per heavy atom. The van der Waals surface area contributed by atoms with Gasteiger partial charge in [-0.05, 0) is 6.07 Å². The summed E-state index contributed by atoms with van der Waals surface area (Å²) in [5.41, 5.74) is 0.777. The Labute approximate surface area is 156 Å². The molecule has 138 valence electrons. The van der Waals surface area contributed by atoms with E-state index in [4.69, 9.17) is 4.74 Å². The molecule has 2 aliphatic rings. The molecular formula is C19H23N3O3S. The third kappa shape index (κ3) is 3.60. The largest absolute Gasteiger partial charge is 0.379 e. The number of hydrogen-bond donors (Lipinski definition) is 0. The quantitative estimate of drug-likeness (QED) is 0.819. The lowest BCUT2D eigenvalue weighted by molar-refractivity contribution is -0.134. The summed E-state index contributed by atoms with van der Waals surface area (Å²) in [5, 5.41) is 2.97. The number of piperazine rings is 1. The zero-order valence-corrected chi connectivity index (χ0v) is 15.5. The van der Waals surface area contributed by atoms with E-state index in [9.17, 15) is 9.59 Å². The van der Waals surface area contributed by atoms with Gasteiger partial charge in [0.05, 0.1) is 25.3 Å². The first-order valence-corrected chi connectivity index (χ1v) is 9.94. The first-order valence-electron chi connectivity index (χ1n) is 9.06. The fourth-order valence-corrected chi connectivity index (χ4v) is 4.46. The third-order valence-electron chi connectivity index (χ3n) is 5.09. The summed E-state index contributed by atoms with van der Waals surface area (Å²) in [6.45, 7) is 5.88. The summed E-state index contributed by atoms with van der Waals surface area (Å²) < 4.78 is 6.46. The van der Waals surface area contributed by atoms with E-state index in [2.05, 4.69) is 4.90 Å². The van der Waals surface area contributed by atoms with E-state index < -0.39 is 0 Å². The van der Waals surface area contributed by atoms with E-state index in [1.807, 2.05) is 39.4 Å². The topological polar surface area (TPSA) is 53.1 Å². The minimum absolute atomic E-state index is 0.0720. The number of ether oxygens (including phenoxy) is 1. The van der Waals surface area contributed by atoms with Crippen molar-refractivity contribution in [2.45, 2.75) is 0 Å². The highest BCUT2D eigenvalue weighted by Gasteiger charge is 2.27. The average molecular weight is 373 g/mol. The summed E-state index contributed by atoms with van der Waals surface area (Å²) in [5.74, 6) is 0.225. The van der Waals surface area contributed by atoms with Crippen LogP contribution >= 0.6 is 11.3 Å². The highest BCUT2D eigenvalue weighted by Crippen LogP contribution is 2.27. The maximum atomic E-state index is 12.9. The van der Waals surface area contributed by atoms with E-state index in [-0.39, 0.29) is 11.8 Å². The van der Waals surface area contributed by atoms with Crippen LogP contribution in [0, 0.1) is 0 Å². The summed E-state index contributed by atoms with van der Waals surface area (Å²) in [4.78, 5) is 31.3. The van der Waals surface area contributed by atoms with Gasteiger partial charge in [-0.2, -0.15) is 0 Å². The minimum Gasteiger partial charge on any atom is -0.379 e. The molecule has 2 aliphatic heterocycles. The number of morpholine rings is 1. The van der Waals surface area contributed by atoms with Crippen molar-refractivity contribution >= 4 is 33.2 Å². The Morgan fingerprint density at radius 3 is 2.42 bits per heavy atom. The molecule has 0 spiro atoms. The molecule has 2 aromatic rings. The molecule has 4 rings (SSSR count). The Morgan fingerprint density at radius 1 is 0.962 bits per heavy atom. The monoisotopic (exact) mass is 373 g/mol. The molecule has 3 heterocycles. The van der Waals surface area contributed by atoms with Crippen LogP contribution in [-0.2, 0) is 9.53 Å². The molecule has 0 atom stereocenters. The van der Waals surface area contributed by atoms with Crippen LogP contribution in [0.4, 0.5) is 0 Å². The van der Waals surface area contributed by atoms with Crippen molar-refractivity contribution in [3.8, 4) is 0 Å². The molecule has 2 saturated heterocycles. The molecule has 0 aliphatic carbocycles. The first kappa shape index (κ1) is 17.5. The number of carbonyl (C=O) groups is 2. The highest BCUT2D eigenvalue weighted by atomic mass is 32.1. The molecule has 2 amide bonds. The number of amides is 2. The van der Waals surface area contributed by atoms with Crippen LogP contribution in [0.2, 0.25) is 0 Å². The van der Waals surface area contributed by atoms with Crippen molar-refractivity contribution < 1.29 is 14.3 Å². The van der Waals surface area contributed by atoms with Crippen molar-refractivity contribution in [3.63, 3.8) is 0 Å². The van der Waals surface area contributed by atoms with Crippen molar-refractivity contribution in [3.05, 3.63) is 35.2 Å². The lowest BCUT2D eigenvalue weighted by Gasteiger charge is -2.36. The normalized spacial score (nSPS) is 19.1. The van der Waals surface area contributed by atoms with Crippen LogP contribution in [0.3, 0.4) is 0 Å². The predicted octanol–water partition coefficient (Wildman–Crippen LogP) is 1.52. The predicted molar refractivity (Wildman–Crippen MR) is 102 cm³/mol. The van der Waals surface area contributed by atoms with E-state index >= 15 is 0 Å². The second kappa shape index (κ2) is 7.73. The van der Waals surface area contributed by atoms with Gasteiger partial charge in [0.2, 0.25) is 5.91 Å². The number of carbonyl (C=O) groups excluding carboxylic acids is 2. The molecular weight excluding hydrogens is 350 g/mol. The van der Waals surface area contributed by atoms with E-state index in [0.29, 0.717) is 45.9 Å². The number of nitrogens with zero attached hydrogens (tertiary/aromatic N) is 3. The molecule has 1 aromatic heterocycles. The number of rotatable bonds is 3. The van der Waals surface area contributed by atoms with Crippen LogP contribution in [0.25, 0.3) is 10.1 Å². The van der Waals surface area contributed by atoms with Crippen molar-refractivity contribution in [2.75, 3.05) is 59.0 Å². The van der Waals surface area contributed by atoms with E-state index in [1.54, 1.807) is 11.3 Å².